The summed E-state index contributed by atoms with van der Waals surface area (Å²) in [7, 11) is 0. The molecule has 7 heteroatoms. The molecule has 0 aliphatic carbocycles. The van der Waals surface area contributed by atoms with Crippen LogP contribution in [0, 0.1) is 0 Å². The highest BCUT2D eigenvalue weighted by Crippen LogP contribution is 2.23. The third-order valence-electron chi connectivity index (χ3n) is 3.55. The minimum Gasteiger partial charge on any atom is -0.443 e. The second-order valence-corrected chi connectivity index (χ2v) is 6.02. The number of nitrogens with one attached hydrogen (secondary N) is 1. The molecule has 112 valence electrons. The molecule has 2 aromatic rings. The molecule has 1 aliphatic heterocycles. The van der Waals surface area contributed by atoms with Crippen LogP contribution in [0.4, 0.5) is 0 Å². The van der Waals surface area contributed by atoms with Gasteiger partial charge >= 0.3 is 0 Å². The van der Waals surface area contributed by atoms with Crippen LogP contribution in [-0.2, 0) is 16.1 Å². The monoisotopic (exact) mass is 307 g/mol. The fourth-order valence-electron chi connectivity index (χ4n) is 2.21. The Morgan fingerprint density at radius 1 is 1.48 bits per heavy atom. The van der Waals surface area contributed by atoms with Crippen LogP contribution in [0.25, 0.3) is 10.8 Å². The number of carbonyl (C=O) groups is 1. The van der Waals surface area contributed by atoms with E-state index in [9.17, 15) is 4.79 Å². The predicted molar refractivity (Wildman–Crippen MR) is 78.6 cm³/mol. The lowest BCUT2D eigenvalue weighted by Gasteiger charge is -2.31. The summed E-state index contributed by atoms with van der Waals surface area (Å²) in [6.45, 7) is 1.36. The lowest BCUT2D eigenvalue weighted by atomic mass is 9.90. The van der Waals surface area contributed by atoms with Gasteiger partial charge in [0.05, 0.1) is 22.7 Å². The van der Waals surface area contributed by atoms with Crippen LogP contribution in [0.2, 0.25) is 0 Å². The average Bonchev–Trinajstić information content (AvgIpc) is 3.16. The van der Waals surface area contributed by atoms with Gasteiger partial charge in [-0.3, -0.25) is 4.79 Å². The molecule has 0 unspecified atom stereocenters. The van der Waals surface area contributed by atoms with Gasteiger partial charge in [-0.1, -0.05) is 6.07 Å². The molecule has 0 spiro atoms. The van der Waals surface area contributed by atoms with E-state index >= 15 is 0 Å². The van der Waals surface area contributed by atoms with E-state index in [2.05, 4.69) is 10.3 Å². The molecule has 3 N–H and O–H groups in total. The Hall–Kier alpha value is -1.70. The maximum atomic E-state index is 12.2. The number of ether oxygens (including phenoxy) is 1. The molecule has 0 aromatic carbocycles. The topological polar surface area (TPSA) is 90.4 Å². The number of carbonyl (C=O) groups excluding carboxylic acids is 1. The van der Waals surface area contributed by atoms with Gasteiger partial charge in [0.2, 0.25) is 11.8 Å². The third-order valence-corrected chi connectivity index (χ3v) is 4.41. The zero-order valence-electron chi connectivity index (χ0n) is 11.5. The number of oxazole rings is 1. The van der Waals surface area contributed by atoms with Crippen molar-refractivity contribution in [2.24, 2.45) is 5.73 Å². The van der Waals surface area contributed by atoms with Gasteiger partial charge in [0, 0.05) is 13.2 Å². The van der Waals surface area contributed by atoms with Crippen molar-refractivity contribution in [1.29, 1.82) is 0 Å². The number of nitrogens with zero attached hydrogens (tertiary/aromatic N) is 1. The predicted octanol–water partition coefficient (Wildman–Crippen LogP) is 1.53. The summed E-state index contributed by atoms with van der Waals surface area (Å²) < 4.78 is 10.6. The van der Waals surface area contributed by atoms with Crippen molar-refractivity contribution in [1.82, 2.24) is 10.3 Å². The van der Waals surface area contributed by atoms with Crippen molar-refractivity contribution in [3.63, 3.8) is 0 Å². The molecule has 1 saturated heterocycles. The van der Waals surface area contributed by atoms with Crippen LogP contribution < -0.4 is 11.1 Å². The molecular weight excluding hydrogens is 290 g/mol. The van der Waals surface area contributed by atoms with Gasteiger partial charge in [-0.05, 0) is 24.3 Å². The van der Waals surface area contributed by atoms with E-state index in [-0.39, 0.29) is 5.91 Å². The zero-order valence-corrected chi connectivity index (χ0v) is 12.3. The number of amides is 1. The molecule has 21 heavy (non-hydrogen) atoms. The zero-order chi connectivity index (χ0) is 14.7. The summed E-state index contributed by atoms with van der Waals surface area (Å²) >= 11 is 1.56. The molecule has 1 amide bonds. The fraction of sp³-hybridized carbons (Fsp3) is 0.429. The van der Waals surface area contributed by atoms with Gasteiger partial charge in [-0.15, -0.1) is 11.3 Å². The van der Waals surface area contributed by atoms with E-state index in [1.165, 1.54) is 0 Å². The van der Waals surface area contributed by atoms with Gasteiger partial charge in [-0.2, -0.15) is 0 Å². The number of hydrogen-bond donors (Lipinski definition) is 2. The van der Waals surface area contributed by atoms with Crippen LogP contribution in [0.5, 0.6) is 0 Å². The van der Waals surface area contributed by atoms with E-state index in [4.69, 9.17) is 14.9 Å². The highest BCUT2D eigenvalue weighted by Gasteiger charge is 2.35. The first-order chi connectivity index (χ1) is 10.2. The van der Waals surface area contributed by atoms with Gasteiger partial charge in [-0.25, -0.2) is 4.98 Å². The van der Waals surface area contributed by atoms with Gasteiger partial charge in [0.15, 0.2) is 0 Å². The number of aromatic nitrogens is 1. The van der Waals surface area contributed by atoms with Crippen molar-refractivity contribution in [2.75, 3.05) is 13.2 Å². The molecule has 3 heterocycles. The number of thiophene rings is 1. The molecular formula is C14H17N3O3S. The van der Waals surface area contributed by atoms with Crippen molar-refractivity contribution < 1.29 is 13.9 Å². The Kier molecular flexibility index (Phi) is 4.05. The summed E-state index contributed by atoms with van der Waals surface area (Å²) in [6, 6.07) is 3.88. The van der Waals surface area contributed by atoms with Crippen LogP contribution in [0.3, 0.4) is 0 Å². The molecule has 0 bridgehead atoms. The molecule has 0 saturated carbocycles. The molecule has 0 atom stereocenters. The molecule has 0 radical (unpaired) electrons. The van der Waals surface area contributed by atoms with Crippen molar-refractivity contribution in [3.8, 4) is 10.8 Å². The van der Waals surface area contributed by atoms with Crippen LogP contribution in [0.1, 0.15) is 18.5 Å². The summed E-state index contributed by atoms with van der Waals surface area (Å²) in [5.74, 6) is 0.411. The second kappa shape index (κ2) is 5.97. The van der Waals surface area contributed by atoms with Gasteiger partial charge < -0.3 is 20.2 Å². The van der Waals surface area contributed by atoms with Crippen molar-refractivity contribution in [3.05, 3.63) is 29.5 Å². The van der Waals surface area contributed by atoms with E-state index in [0.717, 1.165) is 4.88 Å². The Balaban J connectivity index is 1.59. The maximum Gasteiger partial charge on any atom is 0.240 e. The standard InChI is InChI=1S/C14H17N3O3S/c15-14(3-5-19-6-4-14)13(18)16-8-10-9-20-12(17-10)11-2-1-7-21-11/h1-2,7,9H,3-6,8,15H2,(H,16,18). The van der Waals surface area contributed by atoms with E-state index in [1.807, 2.05) is 17.5 Å². The van der Waals surface area contributed by atoms with Crippen LogP contribution in [-0.4, -0.2) is 29.6 Å². The second-order valence-electron chi connectivity index (χ2n) is 5.07. The summed E-state index contributed by atoms with van der Waals surface area (Å²) in [5, 5.41) is 4.79. The molecule has 6 nitrogen and oxygen atoms in total. The fourth-order valence-corrected chi connectivity index (χ4v) is 2.87. The number of rotatable bonds is 4. The smallest absolute Gasteiger partial charge is 0.240 e. The number of nitrogens with two attached hydrogens (primary N) is 1. The minimum atomic E-state index is -0.835. The average molecular weight is 307 g/mol. The third kappa shape index (κ3) is 3.15. The molecule has 1 fully saturated rings. The van der Waals surface area contributed by atoms with Crippen molar-refractivity contribution in [2.45, 2.75) is 24.9 Å². The lowest BCUT2D eigenvalue weighted by molar-refractivity contribution is -0.129. The molecule has 2 aromatic heterocycles. The molecule has 1 aliphatic rings. The van der Waals surface area contributed by atoms with E-state index in [0.29, 0.717) is 44.2 Å². The summed E-state index contributed by atoms with van der Waals surface area (Å²) in [5.41, 5.74) is 5.96. The Morgan fingerprint density at radius 3 is 3.00 bits per heavy atom. The van der Waals surface area contributed by atoms with E-state index < -0.39 is 5.54 Å². The van der Waals surface area contributed by atoms with Gasteiger partial charge in [0.25, 0.3) is 0 Å². The molecule has 3 rings (SSSR count). The Morgan fingerprint density at radius 2 is 2.29 bits per heavy atom. The Bertz CT molecular complexity index is 603. The SMILES string of the molecule is NC1(C(=O)NCc2coc(-c3cccs3)n2)CCOCC1. The Labute approximate surface area is 126 Å². The minimum absolute atomic E-state index is 0.161. The van der Waals surface area contributed by atoms with Gasteiger partial charge in [0.1, 0.15) is 6.26 Å². The van der Waals surface area contributed by atoms with Crippen LogP contribution in [0.15, 0.2) is 28.2 Å². The van der Waals surface area contributed by atoms with Crippen molar-refractivity contribution >= 4 is 17.2 Å². The van der Waals surface area contributed by atoms with Crippen LogP contribution >= 0.6 is 11.3 Å². The highest BCUT2D eigenvalue weighted by atomic mass is 32.1. The summed E-state index contributed by atoms with van der Waals surface area (Å²) in [6.07, 6.45) is 2.64. The first-order valence-corrected chi connectivity index (χ1v) is 7.68. The number of hydrogen-bond acceptors (Lipinski definition) is 6. The highest BCUT2D eigenvalue weighted by molar-refractivity contribution is 7.13. The summed E-state index contributed by atoms with van der Waals surface area (Å²) in [4.78, 5) is 17.5. The quantitative estimate of drug-likeness (QED) is 0.894. The largest absolute Gasteiger partial charge is 0.443 e. The first kappa shape index (κ1) is 14.2. The van der Waals surface area contributed by atoms with E-state index in [1.54, 1.807) is 17.6 Å². The maximum absolute atomic E-state index is 12.2. The lowest BCUT2D eigenvalue weighted by Crippen LogP contribution is -2.56. The normalized spacial score (nSPS) is 17.6. The first-order valence-electron chi connectivity index (χ1n) is 6.81.